The largest absolute Gasteiger partial charge is 0.491 e. The van der Waals surface area contributed by atoms with E-state index in [0.29, 0.717) is 12.3 Å². The van der Waals surface area contributed by atoms with Gasteiger partial charge in [0.2, 0.25) is 0 Å². The minimum Gasteiger partial charge on any atom is -0.491 e. The Morgan fingerprint density at radius 1 is 0.900 bits per heavy atom. The van der Waals surface area contributed by atoms with E-state index in [2.05, 4.69) is 45.0 Å². The Morgan fingerprint density at radius 3 is 2.33 bits per heavy atom. The lowest BCUT2D eigenvalue weighted by Gasteiger charge is -2.39. The number of aliphatic hydroxyl groups is 1. The van der Waals surface area contributed by atoms with E-state index in [1.165, 1.54) is 11.3 Å². The van der Waals surface area contributed by atoms with Gasteiger partial charge in [-0.2, -0.15) is 0 Å². The maximum Gasteiger partial charge on any atom is 0.123 e. The Labute approximate surface area is 178 Å². The van der Waals surface area contributed by atoms with E-state index in [1.807, 2.05) is 24.3 Å². The van der Waals surface area contributed by atoms with E-state index in [9.17, 15) is 9.50 Å². The Bertz CT molecular complexity index is 781. The number of piperazine rings is 1. The Hall–Kier alpha value is -2.15. The molecule has 0 spiro atoms. The van der Waals surface area contributed by atoms with Crippen molar-refractivity contribution in [1.29, 1.82) is 0 Å². The van der Waals surface area contributed by atoms with Gasteiger partial charge in [0.25, 0.3) is 0 Å². The summed E-state index contributed by atoms with van der Waals surface area (Å²) in [6.45, 7) is 6.74. The van der Waals surface area contributed by atoms with E-state index in [1.54, 1.807) is 0 Å². The highest BCUT2D eigenvalue weighted by Gasteiger charge is 2.38. The third-order valence-corrected chi connectivity index (χ3v) is 6.10. The molecule has 5 nitrogen and oxygen atoms in total. The molecule has 0 aliphatic carbocycles. The molecule has 2 heterocycles. The Balaban J connectivity index is 1.23. The van der Waals surface area contributed by atoms with Crippen LogP contribution >= 0.6 is 0 Å². The van der Waals surface area contributed by atoms with Crippen LogP contribution in [0.5, 0.6) is 5.75 Å². The number of ether oxygens (including phenoxy) is 1. The number of hydrogen-bond donors (Lipinski definition) is 1. The van der Waals surface area contributed by atoms with Crippen LogP contribution in [-0.4, -0.2) is 79.6 Å². The lowest BCUT2D eigenvalue weighted by molar-refractivity contribution is 0.00978. The third-order valence-electron chi connectivity index (χ3n) is 6.10. The predicted molar refractivity (Wildman–Crippen MR) is 118 cm³/mol. The van der Waals surface area contributed by atoms with Gasteiger partial charge in [0, 0.05) is 58.0 Å². The summed E-state index contributed by atoms with van der Waals surface area (Å²) in [5.74, 6) is 0.698. The summed E-state index contributed by atoms with van der Waals surface area (Å²) < 4.78 is 17.5. The van der Waals surface area contributed by atoms with Crippen LogP contribution in [-0.2, 0) is 6.54 Å². The highest BCUT2D eigenvalue weighted by atomic mass is 19.1. The highest BCUT2D eigenvalue weighted by Crippen LogP contribution is 2.26. The fourth-order valence-electron chi connectivity index (χ4n) is 4.53. The maximum atomic E-state index is 12.2. The summed E-state index contributed by atoms with van der Waals surface area (Å²) in [4.78, 5) is 7.14. The van der Waals surface area contributed by atoms with E-state index >= 15 is 0 Å². The summed E-state index contributed by atoms with van der Waals surface area (Å²) in [6, 6.07) is 18.4. The summed E-state index contributed by atoms with van der Waals surface area (Å²) in [6.07, 6.45) is 0.809. The van der Waals surface area contributed by atoms with Crippen molar-refractivity contribution in [3.05, 3.63) is 60.2 Å². The molecule has 2 aromatic carbocycles. The number of anilines is 1. The van der Waals surface area contributed by atoms with Gasteiger partial charge in [0.05, 0.1) is 5.60 Å². The van der Waals surface area contributed by atoms with Crippen LogP contribution in [0.15, 0.2) is 54.6 Å². The normalized spacial score (nSPS) is 23.1. The van der Waals surface area contributed by atoms with Gasteiger partial charge in [-0.25, -0.2) is 4.39 Å². The van der Waals surface area contributed by atoms with Crippen molar-refractivity contribution in [2.75, 3.05) is 64.0 Å². The highest BCUT2D eigenvalue weighted by molar-refractivity contribution is 5.46. The quantitative estimate of drug-likeness (QED) is 0.721. The molecule has 0 unspecified atom stereocenters. The molecule has 0 bridgehead atoms. The van der Waals surface area contributed by atoms with E-state index in [4.69, 9.17) is 4.74 Å². The van der Waals surface area contributed by atoms with Gasteiger partial charge >= 0.3 is 0 Å². The van der Waals surface area contributed by atoms with E-state index in [-0.39, 0.29) is 6.61 Å². The average molecular weight is 414 g/mol. The Kier molecular flexibility index (Phi) is 6.87. The lowest BCUT2D eigenvalue weighted by atomic mass is 10.0. The summed E-state index contributed by atoms with van der Waals surface area (Å²) in [5.41, 5.74) is 1.83. The second-order valence-electron chi connectivity index (χ2n) is 8.47. The van der Waals surface area contributed by atoms with Crippen molar-refractivity contribution in [1.82, 2.24) is 9.80 Å². The molecule has 2 fully saturated rings. The standard InChI is InChI=1S/C24H32FN3O2/c25-11-17-30-23-8-6-21(7-9-23)18-27-12-10-24(29,20-27)19-26-13-15-28(16-14-26)22-4-2-1-3-5-22/h1-9,29H,10-20H2/t24-/m1/s1. The molecule has 2 saturated heterocycles. The first kappa shape index (κ1) is 21.1. The van der Waals surface area contributed by atoms with Crippen molar-refractivity contribution in [3.8, 4) is 5.75 Å². The zero-order valence-electron chi connectivity index (χ0n) is 17.5. The topological polar surface area (TPSA) is 39.2 Å². The van der Waals surface area contributed by atoms with Crippen LogP contribution < -0.4 is 9.64 Å². The SMILES string of the molecule is O[C@@]1(CN2CCN(c3ccccc3)CC2)CCN(Cc2ccc(OCCF)cc2)C1. The van der Waals surface area contributed by atoms with Crippen LogP contribution in [0.25, 0.3) is 0 Å². The molecular formula is C24H32FN3O2. The first-order valence-electron chi connectivity index (χ1n) is 10.9. The van der Waals surface area contributed by atoms with Crippen LogP contribution in [0.2, 0.25) is 0 Å². The maximum absolute atomic E-state index is 12.2. The number of halogens is 1. The number of benzene rings is 2. The van der Waals surface area contributed by atoms with Gasteiger partial charge in [0.15, 0.2) is 0 Å². The molecule has 30 heavy (non-hydrogen) atoms. The van der Waals surface area contributed by atoms with E-state index < -0.39 is 12.3 Å². The predicted octanol–water partition coefficient (Wildman–Crippen LogP) is 2.79. The molecular weight excluding hydrogens is 381 g/mol. The molecule has 4 rings (SSSR count). The lowest BCUT2D eigenvalue weighted by Crippen LogP contribution is -2.52. The Morgan fingerprint density at radius 2 is 1.63 bits per heavy atom. The summed E-state index contributed by atoms with van der Waals surface area (Å²) >= 11 is 0. The van der Waals surface area contributed by atoms with Crippen LogP contribution in [0.3, 0.4) is 0 Å². The van der Waals surface area contributed by atoms with Crippen LogP contribution in [0.1, 0.15) is 12.0 Å². The number of β-amino-alcohol motifs (C(OH)–C–C–N with tert-alkyl or cyclic N) is 1. The molecule has 2 aliphatic heterocycles. The van der Waals surface area contributed by atoms with Crippen molar-refractivity contribution in [2.45, 2.75) is 18.6 Å². The van der Waals surface area contributed by atoms with Crippen molar-refractivity contribution >= 4 is 5.69 Å². The van der Waals surface area contributed by atoms with Crippen molar-refractivity contribution < 1.29 is 14.2 Å². The van der Waals surface area contributed by atoms with Gasteiger partial charge in [-0.05, 0) is 36.2 Å². The molecule has 0 radical (unpaired) electrons. The number of likely N-dealkylation sites (tertiary alicyclic amines) is 1. The van der Waals surface area contributed by atoms with Gasteiger partial charge in [0.1, 0.15) is 19.0 Å². The molecule has 1 N–H and O–H groups in total. The summed E-state index contributed by atoms with van der Waals surface area (Å²) in [5, 5.41) is 11.2. The minimum atomic E-state index is -0.640. The van der Waals surface area contributed by atoms with Gasteiger partial charge < -0.3 is 14.7 Å². The molecule has 6 heteroatoms. The zero-order valence-corrected chi connectivity index (χ0v) is 17.5. The van der Waals surface area contributed by atoms with Crippen molar-refractivity contribution in [3.63, 3.8) is 0 Å². The molecule has 162 valence electrons. The van der Waals surface area contributed by atoms with Crippen LogP contribution in [0, 0.1) is 0 Å². The fraction of sp³-hybridized carbons (Fsp3) is 0.500. The first-order valence-corrected chi connectivity index (χ1v) is 10.9. The molecule has 0 amide bonds. The third kappa shape index (κ3) is 5.50. The molecule has 2 aromatic rings. The second kappa shape index (κ2) is 9.77. The minimum absolute atomic E-state index is 0.0953. The smallest absolute Gasteiger partial charge is 0.123 e. The van der Waals surface area contributed by atoms with Gasteiger partial charge in [-0.1, -0.05) is 30.3 Å². The monoisotopic (exact) mass is 413 g/mol. The van der Waals surface area contributed by atoms with Gasteiger partial charge in [-0.3, -0.25) is 9.80 Å². The average Bonchev–Trinajstić information content (AvgIpc) is 3.14. The number of nitrogens with zero attached hydrogens (tertiary/aromatic N) is 3. The first-order chi connectivity index (χ1) is 14.6. The molecule has 1 atom stereocenters. The molecule has 2 aliphatic rings. The number of alkyl halides is 1. The molecule has 0 saturated carbocycles. The summed E-state index contributed by atoms with van der Waals surface area (Å²) in [7, 11) is 0. The van der Waals surface area contributed by atoms with E-state index in [0.717, 1.165) is 52.2 Å². The number of para-hydroxylation sites is 1. The number of hydrogen-bond acceptors (Lipinski definition) is 5. The second-order valence-corrected chi connectivity index (χ2v) is 8.47. The van der Waals surface area contributed by atoms with Crippen molar-refractivity contribution in [2.24, 2.45) is 0 Å². The van der Waals surface area contributed by atoms with Crippen LogP contribution in [0.4, 0.5) is 10.1 Å². The number of rotatable bonds is 8. The van der Waals surface area contributed by atoms with Gasteiger partial charge in [-0.15, -0.1) is 0 Å². The zero-order chi connectivity index (χ0) is 20.8. The molecule has 0 aromatic heterocycles. The fourth-order valence-corrected chi connectivity index (χ4v) is 4.53.